The standard InChI is InChI=1S/C20H23BrN2O3/c1-4-22-20(25)15-7-5-6-8-17(15)23-19(24)14-9-10-18(16(21)11-14)26-12-13(2)3/h5-11,13H,4,12H2,1-3H3,(H,22,25)(H,23,24). The van der Waals surface area contributed by atoms with Crippen LogP contribution in [0.1, 0.15) is 41.5 Å². The summed E-state index contributed by atoms with van der Waals surface area (Å²) in [6, 6.07) is 12.1. The van der Waals surface area contributed by atoms with Gasteiger partial charge in [0.15, 0.2) is 0 Å². The van der Waals surface area contributed by atoms with Crippen molar-refractivity contribution in [3.05, 3.63) is 58.1 Å². The van der Waals surface area contributed by atoms with Gasteiger partial charge >= 0.3 is 0 Å². The van der Waals surface area contributed by atoms with E-state index in [0.717, 1.165) is 0 Å². The molecule has 2 N–H and O–H groups in total. The fraction of sp³-hybridized carbons (Fsp3) is 0.300. The van der Waals surface area contributed by atoms with Crippen molar-refractivity contribution in [1.29, 1.82) is 0 Å². The minimum atomic E-state index is -0.294. The molecule has 0 atom stereocenters. The fourth-order valence-corrected chi connectivity index (χ4v) is 2.75. The second kappa shape index (κ2) is 9.38. The minimum absolute atomic E-state index is 0.220. The molecule has 2 rings (SSSR count). The Morgan fingerprint density at radius 1 is 1.12 bits per heavy atom. The lowest BCUT2D eigenvalue weighted by Gasteiger charge is -2.13. The van der Waals surface area contributed by atoms with Gasteiger partial charge in [0.25, 0.3) is 11.8 Å². The number of carbonyl (C=O) groups excluding carboxylic acids is 2. The van der Waals surface area contributed by atoms with Crippen LogP contribution in [0.4, 0.5) is 5.69 Å². The maximum Gasteiger partial charge on any atom is 0.255 e. The van der Waals surface area contributed by atoms with Crippen molar-refractivity contribution in [2.24, 2.45) is 5.92 Å². The first-order valence-corrected chi connectivity index (χ1v) is 9.32. The molecule has 0 heterocycles. The van der Waals surface area contributed by atoms with Gasteiger partial charge in [-0.1, -0.05) is 26.0 Å². The first-order chi connectivity index (χ1) is 12.4. The molecule has 0 aliphatic heterocycles. The molecular weight excluding hydrogens is 396 g/mol. The highest BCUT2D eigenvalue weighted by atomic mass is 79.9. The van der Waals surface area contributed by atoms with Crippen molar-refractivity contribution >= 4 is 33.4 Å². The number of nitrogens with one attached hydrogen (secondary N) is 2. The summed E-state index contributed by atoms with van der Waals surface area (Å²) >= 11 is 3.44. The molecule has 0 bridgehead atoms. The number of benzene rings is 2. The summed E-state index contributed by atoms with van der Waals surface area (Å²) in [5, 5.41) is 5.54. The van der Waals surface area contributed by atoms with Crippen LogP contribution in [0.15, 0.2) is 46.9 Å². The Morgan fingerprint density at radius 3 is 2.50 bits per heavy atom. The Hall–Kier alpha value is -2.34. The predicted octanol–water partition coefficient (Wildman–Crippen LogP) is 4.49. The summed E-state index contributed by atoms with van der Waals surface area (Å²) in [5.41, 5.74) is 1.37. The average Bonchev–Trinajstić information content (AvgIpc) is 2.61. The number of ether oxygens (including phenoxy) is 1. The average molecular weight is 419 g/mol. The van der Waals surface area contributed by atoms with E-state index in [4.69, 9.17) is 4.74 Å². The van der Waals surface area contributed by atoms with Gasteiger partial charge in [0.05, 0.1) is 22.3 Å². The number of hydrogen-bond acceptors (Lipinski definition) is 3. The van der Waals surface area contributed by atoms with E-state index >= 15 is 0 Å². The Labute approximate surface area is 162 Å². The quantitative estimate of drug-likeness (QED) is 0.695. The van der Waals surface area contributed by atoms with Gasteiger partial charge < -0.3 is 15.4 Å². The first kappa shape index (κ1) is 20.0. The normalized spacial score (nSPS) is 10.5. The van der Waals surface area contributed by atoms with Gasteiger partial charge in [0.2, 0.25) is 0 Å². The monoisotopic (exact) mass is 418 g/mol. The molecule has 2 aromatic carbocycles. The summed E-state index contributed by atoms with van der Waals surface area (Å²) < 4.78 is 6.41. The number of halogens is 1. The highest BCUT2D eigenvalue weighted by molar-refractivity contribution is 9.10. The van der Waals surface area contributed by atoms with E-state index in [2.05, 4.69) is 40.4 Å². The van der Waals surface area contributed by atoms with E-state index in [1.807, 2.05) is 6.92 Å². The Kier molecular flexibility index (Phi) is 7.21. The van der Waals surface area contributed by atoms with E-state index in [1.165, 1.54) is 0 Å². The topological polar surface area (TPSA) is 67.4 Å². The summed E-state index contributed by atoms with van der Waals surface area (Å²) in [6.45, 7) is 7.11. The van der Waals surface area contributed by atoms with Crippen LogP contribution >= 0.6 is 15.9 Å². The Balaban J connectivity index is 2.16. The zero-order valence-corrected chi connectivity index (χ0v) is 16.7. The van der Waals surface area contributed by atoms with Crippen LogP contribution in [-0.4, -0.2) is 25.0 Å². The zero-order valence-electron chi connectivity index (χ0n) is 15.1. The number of rotatable bonds is 7. The Bertz CT molecular complexity index is 790. The molecule has 0 unspecified atom stereocenters. The fourth-order valence-electron chi connectivity index (χ4n) is 2.26. The van der Waals surface area contributed by atoms with Crippen molar-refractivity contribution in [3.8, 4) is 5.75 Å². The predicted molar refractivity (Wildman–Crippen MR) is 107 cm³/mol. The van der Waals surface area contributed by atoms with Gasteiger partial charge in [-0.3, -0.25) is 9.59 Å². The van der Waals surface area contributed by atoms with Gasteiger partial charge in [-0.15, -0.1) is 0 Å². The molecule has 5 nitrogen and oxygen atoms in total. The smallest absolute Gasteiger partial charge is 0.255 e. The van der Waals surface area contributed by atoms with Crippen LogP contribution in [0.25, 0.3) is 0 Å². The molecule has 0 saturated heterocycles. The van der Waals surface area contributed by atoms with Crippen LogP contribution in [-0.2, 0) is 0 Å². The highest BCUT2D eigenvalue weighted by Crippen LogP contribution is 2.27. The molecule has 0 aliphatic rings. The van der Waals surface area contributed by atoms with Crippen LogP contribution in [0, 0.1) is 5.92 Å². The van der Waals surface area contributed by atoms with Crippen LogP contribution in [0.3, 0.4) is 0 Å². The molecule has 2 amide bonds. The molecule has 0 fully saturated rings. The maximum absolute atomic E-state index is 12.6. The van der Waals surface area contributed by atoms with E-state index in [-0.39, 0.29) is 11.8 Å². The summed E-state index contributed by atoms with van der Waals surface area (Å²) in [7, 11) is 0. The largest absolute Gasteiger partial charge is 0.492 e. The van der Waals surface area contributed by atoms with Gasteiger partial charge in [0, 0.05) is 12.1 Å². The number of hydrogen-bond donors (Lipinski definition) is 2. The van der Waals surface area contributed by atoms with Crippen molar-refractivity contribution in [1.82, 2.24) is 5.32 Å². The summed E-state index contributed by atoms with van der Waals surface area (Å²) in [4.78, 5) is 24.7. The van der Waals surface area contributed by atoms with E-state index in [0.29, 0.717) is 46.1 Å². The SMILES string of the molecule is CCNC(=O)c1ccccc1NC(=O)c1ccc(OCC(C)C)c(Br)c1. The molecule has 0 aliphatic carbocycles. The minimum Gasteiger partial charge on any atom is -0.492 e. The van der Waals surface area contributed by atoms with Crippen molar-refractivity contribution in [3.63, 3.8) is 0 Å². The lowest BCUT2D eigenvalue weighted by atomic mass is 10.1. The van der Waals surface area contributed by atoms with Crippen LogP contribution in [0.2, 0.25) is 0 Å². The van der Waals surface area contributed by atoms with Crippen molar-refractivity contribution in [2.75, 3.05) is 18.5 Å². The molecule has 2 aromatic rings. The molecule has 6 heteroatoms. The number of para-hydroxylation sites is 1. The van der Waals surface area contributed by atoms with Gasteiger partial charge in [0.1, 0.15) is 5.75 Å². The van der Waals surface area contributed by atoms with Crippen molar-refractivity contribution < 1.29 is 14.3 Å². The van der Waals surface area contributed by atoms with Gasteiger partial charge in [-0.2, -0.15) is 0 Å². The molecule has 0 spiro atoms. The van der Waals surface area contributed by atoms with E-state index < -0.39 is 0 Å². The third-order valence-electron chi connectivity index (χ3n) is 3.52. The molecular formula is C20H23BrN2O3. The summed E-state index contributed by atoms with van der Waals surface area (Å²) in [5.74, 6) is 0.591. The van der Waals surface area contributed by atoms with E-state index in [1.54, 1.807) is 42.5 Å². The lowest BCUT2D eigenvalue weighted by molar-refractivity contribution is 0.0956. The first-order valence-electron chi connectivity index (χ1n) is 8.53. The van der Waals surface area contributed by atoms with Gasteiger partial charge in [-0.05, 0) is 59.1 Å². The van der Waals surface area contributed by atoms with Crippen LogP contribution in [0.5, 0.6) is 5.75 Å². The zero-order chi connectivity index (χ0) is 19.1. The highest BCUT2D eigenvalue weighted by Gasteiger charge is 2.14. The number of amides is 2. The van der Waals surface area contributed by atoms with Crippen LogP contribution < -0.4 is 15.4 Å². The molecule has 138 valence electrons. The molecule has 26 heavy (non-hydrogen) atoms. The number of carbonyl (C=O) groups is 2. The second-order valence-corrected chi connectivity index (χ2v) is 7.06. The Morgan fingerprint density at radius 2 is 1.85 bits per heavy atom. The third-order valence-corrected chi connectivity index (χ3v) is 4.14. The van der Waals surface area contributed by atoms with Gasteiger partial charge in [-0.25, -0.2) is 0 Å². The summed E-state index contributed by atoms with van der Waals surface area (Å²) in [6.07, 6.45) is 0. The third kappa shape index (κ3) is 5.33. The number of anilines is 1. The maximum atomic E-state index is 12.6. The lowest BCUT2D eigenvalue weighted by Crippen LogP contribution is -2.24. The van der Waals surface area contributed by atoms with E-state index in [9.17, 15) is 9.59 Å². The molecule has 0 aromatic heterocycles. The van der Waals surface area contributed by atoms with Crippen molar-refractivity contribution in [2.45, 2.75) is 20.8 Å². The molecule has 0 radical (unpaired) electrons. The second-order valence-electron chi connectivity index (χ2n) is 6.21. The molecule has 0 saturated carbocycles.